The SMILES string of the molecule is Cc1cccc(-c2nn(-c3ccccc3)cc2C(=O)NCc2ccc(Cn3cncn3)cc2)c1. The van der Waals surface area contributed by atoms with Crippen molar-refractivity contribution in [1.82, 2.24) is 29.9 Å². The normalized spacial score (nSPS) is 10.9. The van der Waals surface area contributed by atoms with Gasteiger partial charge in [0.15, 0.2) is 0 Å². The summed E-state index contributed by atoms with van der Waals surface area (Å²) in [6.45, 7) is 3.11. The first-order chi connectivity index (χ1) is 16.7. The van der Waals surface area contributed by atoms with Crippen molar-refractivity contribution >= 4 is 5.91 Å². The summed E-state index contributed by atoms with van der Waals surface area (Å²) in [5, 5.41) is 11.9. The number of carbonyl (C=O) groups is 1. The van der Waals surface area contributed by atoms with Crippen molar-refractivity contribution in [2.24, 2.45) is 0 Å². The Hall–Kier alpha value is -4.52. The Bertz CT molecular complexity index is 1390. The number of nitrogens with one attached hydrogen (secondary N) is 1. The zero-order valence-corrected chi connectivity index (χ0v) is 18.8. The van der Waals surface area contributed by atoms with E-state index in [9.17, 15) is 4.79 Å². The number of rotatable bonds is 7. The molecule has 0 aliphatic rings. The molecule has 2 heterocycles. The largest absolute Gasteiger partial charge is 0.348 e. The molecule has 0 atom stereocenters. The van der Waals surface area contributed by atoms with Gasteiger partial charge in [0.05, 0.1) is 17.8 Å². The lowest BCUT2D eigenvalue weighted by Crippen LogP contribution is -2.23. The summed E-state index contributed by atoms with van der Waals surface area (Å²) < 4.78 is 3.53. The quantitative estimate of drug-likeness (QED) is 0.400. The second-order valence-corrected chi connectivity index (χ2v) is 8.13. The lowest BCUT2D eigenvalue weighted by atomic mass is 10.1. The molecule has 7 nitrogen and oxygen atoms in total. The fourth-order valence-corrected chi connectivity index (χ4v) is 3.80. The van der Waals surface area contributed by atoms with Crippen LogP contribution in [0.25, 0.3) is 16.9 Å². The highest BCUT2D eigenvalue weighted by molar-refractivity contribution is 6.00. The lowest BCUT2D eigenvalue weighted by molar-refractivity contribution is 0.0951. The Morgan fingerprint density at radius 1 is 0.941 bits per heavy atom. The van der Waals surface area contributed by atoms with E-state index in [0.717, 1.165) is 27.9 Å². The van der Waals surface area contributed by atoms with Crippen molar-refractivity contribution in [1.29, 1.82) is 0 Å². The van der Waals surface area contributed by atoms with Crippen LogP contribution in [0.5, 0.6) is 0 Å². The topological polar surface area (TPSA) is 77.6 Å². The number of para-hydroxylation sites is 1. The van der Waals surface area contributed by atoms with E-state index in [-0.39, 0.29) is 5.91 Å². The Balaban J connectivity index is 1.36. The van der Waals surface area contributed by atoms with Gasteiger partial charge >= 0.3 is 0 Å². The van der Waals surface area contributed by atoms with Crippen molar-refractivity contribution in [2.45, 2.75) is 20.0 Å². The highest BCUT2D eigenvalue weighted by Gasteiger charge is 2.18. The molecular formula is C27H24N6O. The maximum absolute atomic E-state index is 13.2. The van der Waals surface area contributed by atoms with E-state index in [2.05, 4.69) is 15.4 Å². The van der Waals surface area contributed by atoms with E-state index >= 15 is 0 Å². The van der Waals surface area contributed by atoms with Crippen LogP contribution in [0, 0.1) is 6.92 Å². The standard InChI is InChI=1S/C27H24N6O/c1-20-6-5-7-23(14-20)26-25(17-33(31-26)24-8-3-2-4-9-24)27(34)29-15-21-10-12-22(13-11-21)16-32-19-28-18-30-32/h2-14,17-19H,15-16H2,1H3,(H,29,34). The summed E-state index contributed by atoms with van der Waals surface area (Å²) in [5.74, 6) is -0.162. The molecule has 0 fully saturated rings. The molecule has 5 rings (SSSR count). The number of benzene rings is 3. The van der Waals surface area contributed by atoms with Gasteiger partial charge < -0.3 is 5.32 Å². The van der Waals surface area contributed by atoms with Crippen LogP contribution >= 0.6 is 0 Å². The van der Waals surface area contributed by atoms with Gasteiger partial charge in [0.2, 0.25) is 0 Å². The van der Waals surface area contributed by atoms with E-state index in [0.29, 0.717) is 24.3 Å². The van der Waals surface area contributed by atoms with Gasteiger partial charge in [0.1, 0.15) is 18.3 Å². The van der Waals surface area contributed by atoms with E-state index < -0.39 is 0 Å². The van der Waals surface area contributed by atoms with Gasteiger partial charge in [-0.2, -0.15) is 10.2 Å². The van der Waals surface area contributed by atoms with E-state index in [1.165, 1.54) is 6.33 Å². The number of hydrogen-bond donors (Lipinski definition) is 1. The number of carbonyl (C=O) groups excluding carboxylic acids is 1. The molecule has 2 aromatic heterocycles. The molecular weight excluding hydrogens is 424 g/mol. The van der Waals surface area contributed by atoms with Crippen molar-refractivity contribution in [2.75, 3.05) is 0 Å². The second kappa shape index (κ2) is 9.54. The van der Waals surface area contributed by atoms with Crippen LogP contribution in [0.1, 0.15) is 27.0 Å². The molecule has 0 unspecified atom stereocenters. The first kappa shape index (κ1) is 21.3. The first-order valence-corrected chi connectivity index (χ1v) is 11.1. The molecule has 1 amide bonds. The third-order valence-corrected chi connectivity index (χ3v) is 5.56. The molecule has 0 bridgehead atoms. The predicted molar refractivity (Wildman–Crippen MR) is 130 cm³/mol. The molecule has 3 aromatic carbocycles. The Morgan fingerprint density at radius 3 is 2.47 bits per heavy atom. The van der Waals surface area contributed by atoms with Crippen LogP contribution in [0.2, 0.25) is 0 Å². The summed E-state index contributed by atoms with van der Waals surface area (Å²) in [6, 6.07) is 25.9. The minimum Gasteiger partial charge on any atom is -0.348 e. The average Bonchev–Trinajstić information content (AvgIpc) is 3.54. The molecule has 34 heavy (non-hydrogen) atoms. The zero-order valence-electron chi connectivity index (χ0n) is 18.8. The van der Waals surface area contributed by atoms with Gasteiger partial charge in [-0.25, -0.2) is 14.3 Å². The number of aromatic nitrogens is 5. The molecule has 0 aliphatic heterocycles. The van der Waals surface area contributed by atoms with Gasteiger partial charge in [-0.1, -0.05) is 66.2 Å². The van der Waals surface area contributed by atoms with Crippen molar-refractivity contribution in [3.05, 3.63) is 120 Å². The van der Waals surface area contributed by atoms with Crippen LogP contribution in [-0.2, 0) is 13.1 Å². The molecule has 0 saturated heterocycles. The monoisotopic (exact) mass is 448 g/mol. The van der Waals surface area contributed by atoms with Crippen molar-refractivity contribution < 1.29 is 4.79 Å². The first-order valence-electron chi connectivity index (χ1n) is 11.1. The Morgan fingerprint density at radius 2 is 1.74 bits per heavy atom. The van der Waals surface area contributed by atoms with E-state index in [1.54, 1.807) is 21.9 Å². The van der Waals surface area contributed by atoms with Gasteiger partial charge in [-0.3, -0.25) is 4.79 Å². The van der Waals surface area contributed by atoms with Crippen LogP contribution in [0.3, 0.4) is 0 Å². The maximum atomic E-state index is 13.2. The Kier molecular flexibility index (Phi) is 5.99. The molecule has 5 aromatic rings. The fraction of sp³-hybridized carbons (Fsp3) is 0.111. The smallest absolute Gasteiger partial charge is 0.255 e. The summed E-state index contributed by atoms with van der Waals surface area (Å²) in [4.78, 5) is 17.2. The highest BCUT2D eigenvalue weighted by Crippen LogP contribution is 2.25. The van der Waals surface area contributed by atoms with Crippen molar-refractivity contribution in [3.63, 3.8) is 0 Å². The van der Waals surface area contributed by atoms with Crippen molar-refractivity contribution in [3.8, 4) is 16.9 Å². The third-order valence-electron chi connectivity index (χ3n) is 5.56. The minimum absolute atomic E-state index is 0.162. The van der Waals surface area contributed by atoms with Crippen LogP contribution in [-0.4, -0.2) is 30.5 Å². The number of amides is 1. The minimum atomic E-state index is -0.162. The Labute approximate surface area is 197 Å². The van der Waals surface area contributed by atoms with Crippen LogP contribution in [0.15, 0.2) is 97.7 Å². The third kappa shape index (κ3) is 4.78. The zero-order chi connectivity index (χ0) is 23.3. The molecule has 0 radical (unpaired) electrons. The number of nitrogens with zero attached hydrogens (tertiary/aromatic N) is 5. The summed E-state index contributed by atoms with van der Waals surface area (Å²) in [6.07, 6.45) is 5.01. The molecule has 0 spiro atoms. The van der Waals surface area contributed by atoms with Crippen LogP contribution in [0.4, 0.5) is 0 Å². The molecule has 1 N–H and O–H groups in total. The number of hydrogen-bond acceptors (Lipinski definition) is 4. The van der Waals surface area contributed by atoms with Crippen LogP contribution < -0.4 is 5.32 Å². The van der Waals surface area contributed by atoms with E-state index in [1.807, 2.05) is 85.8 Å². The molecule has 0 saturated carbocycles. The highest BCUT2D eigenvalue weighted by atomic mass is 16.1. The lowest BCUT2D eigenvalue weighted by Gasteiger charge is -2.07. The summed E-state index contributed by atoms with van der Waals surface area (Å²) in [7, 11) is 0. The van der Waals surface area contributed by atoms with E-state index in [4.69, 9.17) is 5.10 Å². The summed E-state index contributed by atoms with van der Waals surface area (Å²) >= 11 is 0. The summed E-state index contributed by atoms with van der Waals surface area (Å²) in [5.41, 5.74) is 6.26. The van der Waals surface area contributed by atoms with Gasteiger partial charge in [-0.05, 0) is 36.2 Å². The molecule has 168 valence electrons. The number of aryl methyl sites for hydroxylation is 1. The maximum Gasteiger partial charge on any atom is 0.255 e. The molecule has 0 aliphatic carbocycles. The van der Waals surface area contributed by atoms with Gasteiger partial charge in [-0.15, -0.1) is 0 Å². The van der Waals surface area contributed by atoms with Gasteiger partial charge in [0.25, 0.3) is 5.91 Å². The second-order valence-electron chi connectivity index (χ2n) is 8.13. The van der Waals surface area contributed by atoms with Gasteiger partial charge in [0, 0.05) is 18.3 Å². The average molecular weight is 449 g/mol. The predicted octanol–water partition coefficient (Wildman–Crippen LogP) is 4.42. The fourth-order valence-electron chi connectivity index (χ4n) is 3.80. The molecule has 7 heteroatoms.